The Morgan fingerprint density at radius 3 is 3.00 bits per heavy atom. The molecule has 1 N–H and O–H groups in total. The summed E-state index contributed by atoms with van der Waals surface area (Å²) in [7, 11) is 0. The van der Waals surface area contributed by atoms with Crippen LogP contribution in [0.5, 0.6) is 0 Å². The first-order valence-corrected chi connectivity index (χ1v) is 7.28. The number of morpholine rings is 1. The zero-order chi connectivity index (χ0) is 12.5. The van der Waals surface area contributed by atoms with Crippen molar-refractivity contribution in [3.8, 4) is 0 Å². The minimum Gasteiger partial charge on any atom is -0.377 e. The molecule has 0 amide bonds. The van der Waals surface area contributed by atoms with Crippen LogP contribution in [0.25, 0.3) is 0 Å². The summed E-state index contributed by atoms with van der Waals surface area (Å²) in [6, 6.07) is 2.61. The molecule has 114 valence electrons. The molecule has 2 aliphatic rings. The summed E-state index contributed by atoms with van der Waals surface area (Å²) in [5, 5.41) is 3.38. The summed E-state index contributed by atoms with van der Waals surface area (Å²) < 4.78 is 6.59. The first-order valence-electron chi connectivity index (χ1n) is 6.49. The Kier molecular flexibility index (Phi) is 7.01. The maximum Gasteiger partial charge on any atom is 0.143 e. The molecule has 3 heterocycles. The van der Waals surface area contributed by atoms with Gasteiger partial charge >= 0.3 is 0 Å². The second-order valence-corrected chi connectivity index (χ2v) is 5.80. The Hall–Kier alpha value is -0.0700. The zero-order valence-electron chi connectivity index (χ0n) is 11.4. The van der Waals surface area contributed by atoms with E-state index in [-0.39, 0.29) is 24.8 Å². The van der Waals surface area contributed by atoms with Gasteiger partial charge in [-0.3, -0.25) is 0 Å². The number of nitrogens with zero attached hydrogens (tertiary/aromatic N) is 2. The lowest BCUT2D eigenvalue weighted by Crippen LogP contribution is -2.44. The van der Waals surface area contributed by atoms with Crippen LogP contribution in [-0.2, 0) is 17.7 Å². The van der Waals surface area contributed by atoms with Gasteiger partial charge in [0.05, 0.1) is 23.7 Å². The number of pyridine rings is 1. The van der Waals surface area contributed by atoms with Gasteiger partial charge in [0.2, 0.25) is 0 Å². The van der Waals surface area contributed by atoms with Crippen molar-refractivity contribution >= 4 is 46.6 Å². The highest BCUT2D eigenvalue weighted by molar-refractivity contribution is 9.10. The molecule has 20 heavy (non-hydrogen) atoms. The molecule has 0 aliphatic carbocycles. The molecule has 7 heteroatoms. The van der Waals surface area contributed by atoms with Crippen LogP contribution in [0.15, 0.2) is 10.5 Å². The monoisotopic (exact) mass is 383 g/mol. The van der Waals surface area contributed by atoms with Crippen molar-refractivity contribution in [1.82, 2.24) is 10.3 Å². The topological polar surface area (TPSA) is 37.4 Å². The molecule has 0 aromatic carbocycles. The van der Waals surface area contributed by atoms with Gasteiger partial charge < -0.3 is 15.0 Å². The van der Waals surface area contributed by atoms with Crippen molar-refractivity contribution in [2.24, 2.45) is 0 Å². The normalized spacial score (nSPS) is 21.5. The zero-order valence-corrected chi connectivity index (χ0v) is 14.6. The minimum atomic E-state index is 0. The van der Waals surface area contributed by atoms with E-state index in [0.29, 0.717) is 6.04 Å². The largest absolute Gasteiger partial charge is 0.377 e. The molecule has 2 aliphatic heterocycles. The van der Waals surface area contributed by atoms with Crippen LogP contribution in [0.4, 0.5) is 5.82 Å². The van der Waals surface area contributed by atoms with Crippen molar-refractivity contribution in [2.45, 2.75) is 25.9 Å². The number of anilines is 1. The van der Waals surface area contributed by atoms with Crippen molar-refractivity contribution in [3.63, 3.8) is 0 Å². The fourth-order valence-electron chi connectivity index (χ4n) is 2.60. The fourth-order valence-corrected chi connectivity index (χ4v) is 3.19. The van der Waals surface area contributed by atoms with Gasteiger partial charge in [0.25, 0.3) is 0 Å². The smallest absolute Gasteiger partial charge is 0.143 e. The van der Waals surface area contributed by atoms with Gasteiger partial charge in [0, 0.05) is 31.7 Å². The molecule has 1 unspecified atom stereocenters. The van der Waals surface area contributed by atoms with E-state index in [0.717, 1.165) is 49.6 Å². The summed E-state index contributed by atoms with van der Waals surface area (Å²) in [6.07, 6.45) is 1.02. The molecule has 0 saturated carbocycles. The number of aromatic nitrogens is 1. The van der Waals surface area contributed by atoms with Crippen LogP contribution in [0.1, 0.15) is 18.2 Å². The second-order valence-electron chi connectivity index (χ2n) is 4.94. The van der Waals surface area contributed by atoms with Crippen LogP contribution < -0.4 is 10.2 Å². The molecule has 4 nitrogen and oxygen atoms in total. The Balaban J connectivity index is 0.000001000. The van der Waals surface area contributed by atoms with Crippen LogP contribution in [-0.4, -0.2) is 37.3 Å². The third kappa shape index (κ3) is 3.57. The summed E-state index contributed by atoms with van der Waals surface area (Å²) in [5.74, 6) is 1.08. The quantitative estimate of drug-likeness (QED) is 0.807. The number of rotatable bonds is 1. The van der Waals surface area contributed by atoms with E-state index in [1.165, 1.54) is 11.3 Å². The van der Waals surface area contributed by atoms with Crippen molar-refractivity contribution in [1.29, 1.82) is 0 Å². The number of hydrogen-bond acceptors (Lipinski definition) is 4. The second kappa shape index (κ2) is 7.80. The lowest BCUT2D eigenvalue weighted by Gasteiger charge is -2.35. The minimum absolute atomic E-state index is 0. The molecule has 1 atom stereocenters. The van der Waals surface area contributed by atoms with Crippen LogP contribution in [0, 0.1) is 0 Å². The molecule has 1 saturated heterocycles. The number of fused-ring (bicyclic) bond motifs is 1. The van der Waals surface area contributed by atoms with E-state index in [4.69, 9.17) is 9.72 Å². The molecule has 1 aromatic heterocycles. The van der Waals surface area contributed by atoms with Gasteiger partial charge in [0.1, 0.15) is 5.82 Å². The fraction of sp³-hybridized carbons (Fsp3) is 0.615. The summed E-state index contributed by atoms with van der Waals surface area (Å²) >= 11 is 3.67. The highest BCUT2D eigenvalue weighted by Gasteiger charge is 2.24. The van der Waals surface area contributed by atoms with Gasteiger partial charge in [-0.15, -0.1) is 24.8 Å². The van der Waals surface area contributed by atoms with Gasteiger partial charge in [-0.05, 0) is 34.5 Å². The van der Waals surface area contributed by atoms with E-state index < -0.39 is 0 Å². The molecular formula is C13H20BrCl2N3O. The van der Waals surface area contributed by atoms with E-state index >= 15 is 0 Å². The lowest BCUT2D eigenvalue weighted by molar-refractivity contribution is 0.0984. The molecule has 0 radical (unpaired) electrons. The maximum atomic E-state index is 5.49. The summed E-state index contributed by atoms with van der Waals surface area (Å²) in [5.41, 5.74) is 2.56. The predicted octanol–water partition coefficient (Wildman–Crippen LogP) is 2.56. The molecular weight excluding hydrogens is 365 g/mol. The Bertz CT molecular complexity index is 461. The molecule has 1 aromatic rings. The van der Waals surface area contributed by atoms with Crippen LogP contribution >= 0.6 is 40.7 Å². The van der Waals surface area contributed by atoms with Crippen molar-refractivity contribution < 1.29 is 4.74 Å². The third-order valence-corrected chi connectivity index (χ3v) is 4.20. The predicted molar refractivity (Wildman–Crippen MR) is 89.5 cm³/mol. The Morgan fingerprint density at radius 1 is 1.45 bits per heavy atom. The van der Waals surface area contributed by atoms with Crippen molar-refractivity contribution in [3.05, 3.63) is 21.8 Å². The van der Waals surface area contributed by atoms with Crippen LogP contribution in [0.2, 0.25) is 0 Å². The van der Waals surface area contributed by atoms with Gasteiger partial charge in [0.15, 0.2) is 0 Å². The first-order chi connectivity index (χ1) is 8.75. The average Bonchev–Trinajstić information content (AvgIpc) is 2.39. The highest BCUT2D eigenvalue weighted by atomic mass is 79.9. The number of hydrogen-bond donors (Lipinski definition) is 1. The lowest BCUT2D eigenvalue weighted by atomic mass is 10.1. The molecule has 3 rings (SSSR count). The number of nitrogens with one attached hydrogen (secondary N) is 1. The SMILES string of the molecule is CC1COCCN1c1nc2c(cc1Br)CNCC2.Cl.Cl. The standard InChI is InChI=1S/C13H18BrN3O.2ClH/c1-9-8-18-5-4-17(9)13-11(14)6-10-7-15-3-2-12(10)16-13;;/h6,9,15H,2-5,7-8H2,1H3;2*1H. The average molecular weight is 385 g/mol. The molecule has 0 spiro atoms. The van der Waals surface area contributed by atoms with Crippen LogP contribution in [0.3, 0.4) is 0 Å². The Labute approximate surface area is 140 Å². The first kappa shape index (κ1) is 18.0. The van der Waals surface area contributed by atoms with Gasteiger partial charge in [-0.1, -0.05) is 0 Å². The van der Waals surface area contributed by atoms with Crippen molar-refractivity contribution in [2.75, 3.05) is 31.2 Å². The van der Waals surface area contributed by atoms with Gasteiger partial charge in [-0.25, -0.2) is 4.98 Å². The van der Waals surface area contributed by atoms with E-state index in [2.05, 4.69) is 39.1 Å². The Morgan fingerprint density at radius 2 is 2.25 bits per heavy atom. The van der Waals surface area contributed by atoms with E-state index in [1.54, 1.807) is 0 Å². The highest BCUT2D eigenvalue weighted by Crippen LogP contribution is 2.30. The van der Waals surface area contributed by atoms with E-state index in [1.807, 2.05) is 0 Å². The number of halogens is 3. The summed E-state index contributed by atoms with van der Waals surface area (Å²) in [6.45, 7) is 6.64. The van der Waals surface area contributed by atoms with E-state index in [9.17, 15) is 0 Å². The molecule has 1 fully saturated rings. The van der Waals surface area contributed by atoms with Gasteiger partial charge in [-0.2, -0.15) is 0 Å². The maximum absolute atomic E-state index is 5.49. The molecule has 0 bridgehead atoms. The number of ether oxygens (including phenoxy) is 1. The third-order valence-electron chi connectivity index (χ3n) is 3.62. The summed E-state index contributed by atoms with van der Waals surface area (Å²) in [4.78, 5) is 7.21.